The van der Waals surface area contributed by atoms with E-state index in [1.807, 2.05) is 6.92 Å². The number of hydrogen-bond acceptors (Lipinski definition) is 4. The molecule has 1 saturated heterocycles. The van der Waals surface area contributed by atoms with Gasteiger partial charge in [-0.1, -0.05) is 0 Å². The van der Waals surface area contributed by atoms with Crippen LogP contribution >= 0.6 is 0 Å². The molecule has 0 saturated carbocycles. The first-order valence-electron chi connectivity index (χ1n) is 4.84. The Morgan fingerprint density at radius 3 is 2.93 bits per heavy atom. The summed E-state index contributed by atoms with van der Waals surface area (Å²) < 4.78 is 5.26. The molecule has 5 nitrogen and oxygen atoms in total. The zero-order valence-corrected chi connectivity index (χ0v) is 8.67. The normalized spacial score (nSPS) is 31.8. The summed E-state index contributed by atoms with van der Waals surface area (Å²) in [5.41, 5.74) is -0.825. The smallest absolute Gasteiger partial charge is 0.233 e. The van der Waals surface area contributed by atoms with Gasteiger partial charge in [0.25, 0.3) is 0 Å². The van der Waals surface area contributed by atoms with Crippen molar-refractivity contribution in [3.8, 4) is 0 Å². The molecular formula is C9H18N2O3. The molecule has 0 aliphatic carbocycles. The molecule has 14 heavy (non-hydrogen) atoms. The molecule has 0 spiro atoms. The van der Waals surface area contributed by atoms with Gasteiger partial charge in [-0.2, -0.15) is 0 Å². The molecule has 1 rings (SSSR count). The van der Waals surface area contributed by atoms with E-state index in [4.69, 9.17) is 4.74 Å². The van der Waals surface area contributed by atoms with Crippen LogP contribution < -0.4 is 10.6 Å². The molecule has 0 aromatic carbocycles. The average molecular weight is 202 g/mol. The quantitative estimate of drug-likeness (QED) is 0.539. The van der Waals surface area contributed by atoms with Crippen molar-refractivity contribution in [2.75, 3.05) is 26.7 Å². The van der Waals surface area contributed by atoms with Crippen LogP contribution in [0, 0.1) is 0 Å². The summed E-state index contributed by atoms with van der Waals surface area (Å²) in [4.78, 5) is 10.9. The molecule has 1 heterocycles. The Morgan fingerprint density at radius 1 is 1.71 bits per heavy atom. The van der Waals surface area contributed by atoms with Gasteiger partial charge in [0, 0.05) is 26.6 Å². The summed E-state index contributed by atoms with van der Waals surface area (Å²) >= 11 is 0. The fraction of sp³-hybridized carbons (Fsp3) is 0.889. The minimum absolute atomic E-state index is 0.0832. The van der Waals surface area contributed by atoms with Crippen LogP contribution in [0.15, 0.2) is 0 Å². The van der Waals surface area contributed by atoms with Crippen molar-refractivity contribution < 1.29 is 14.6 Å². The first kappa shape index (κ1) is 11.4. The van der Waals surface area contributed by atoms with Crippen molar-refractivity contribution in [2.45, 2.75) is 25.0 Å². The first-order chi connectivity index (χ1) is 6.58. The van der Waals surface area contributed by atoms with E-state index in [1.165, 1.54) is 0 Å². The molecule has 0 aromatic heterocycles. The zero-order chi connectivity index (χ0) is 10.6. The SMILES string of the molecule is CNC(=O)CNCC1(O)CCOC1C. The number of ether oxygens (including phenoxy) is 1. The molecule has 82 valence electrons. The van der Waals surface area contributed by atoms with Gasteiger partial charge in [0.15, 0.2) is 0 Å². The number of amides is 1. The lowest BCUT2D eigenvalue weighted by molar-refractivity contribution is -0.120. The van der Waals surface area contributed by atoms with Gasteiger partial charge in [-0.3, -0.25) is 4.79 Å². The van der Waals surface area contributed by atoms with E-state index in [0.29, 0.717) is 19.6 Å². The van der Waals surface area contributed by atoms with Crippen LogP contribution in [-0.4, -0.2) is 49.5 Å². The standard InChI is InChI=1S/C9H18N2O3/c1-7-9(13,3-4-14-7)6-11-5-8(12)10-2/h7,11,13H,3-6H2,1-2H3,(H,10,12). The van der Waals surface area contributed by atoms with Gasteiger partial charge >= 0.3 is 0 Å². The summed E-state index contributed by atoms with van der Waals surface area (Å²) in [5.74, 6) is -0.0832. The minimum atomic E-state index is -0.825. The number of likely N-dealkylation sites (N-methyl/N-ethyl adjacent to an activating group) is 1. The largest absolute Gasteiger partial charge is 0.386 e. The Kier molecular flexibility index (Phi) is 3.86. The van der Waals surface area contributed by atoms with E-state index in [1.54, 1.807) is 7.05 Å². The van der Waals surface area contributed by atoms with Crippen molar-refractivity contribution in [3.63, 3.8) is 0 Å². The predicted molar refractivity (Wildman–Crippen MR) is 51.9 cm³/mol. The number of hydrogen-bond donors (Lipinski definition) is 3. The lowest BCUT2D eigenvalue weighted by Crippen LogP contribution is -2.47. The topological polar surface area (TPSA) is 70.6 Å². The van der Waals surface area contributed by atoms with E-state index < -0.39 is 5.60 Å². The lowest BCUT2D eigenvalue weighted by Gasteiger charge is -2.26. The number of carbonyl (C=O) groups excluding carboxylic acids is 1. The van der Waals surface area contributed by atoms with Crippen LogP contribution in [0.5, 0.6) is 0 Å². The van der Waals surface area contributed by atoms with Gasteiger partial charge in [0.2, 0.25) is 5.91 Å². The summed E-state index contributed by atoms with van der Waals surface area (Å²) in [6.45, 7) is 3.04. The van der Waals surface area contributed by atoms with E-state index in [-0.39, 0.29) is 18.6 Å². The lowest BCUT2D eigenvalue weighted by atomic mass is 9.97. The highest BCUT2D eigenvalue weighted by Gasteiger charge is 2.38. The summed E-state index contributed by atoms with van der Waals surface area (Å²) in [6, 6.07) is 0. The van der Waals surface area contributed by atoms with Crippen LogP contribution in [0.25, 0.3) is 0 Å². The maximum atomic E-state index is 10.9. The number of carbonyl (C=O) groups is 1. The number of aliphatic hydroxyl groups is 1. The van der Waals surface area contributed by atoms with E-state index in [2.05, 4.69) is 10.6 Å². The fourth-order valence-electron chi connectivity index (χ4n) is 1.48. The Labute approximate surface area is 83.8 Å². The monoisotopic (exact) mass is 202 g/mol. The van der Waals surface area contributed by atoms with Crippen molar-refractivity contribution in [1.29, 1.82) is 0 Å². The molecule has 3 N–H and O–H groups in total. The van der Waals surface area contributed by atoms with Crippen molar-refractivity contribution >= 4 is 5.91 Å². The molecule has 0 bridgehead atoms. The molecule has 1 fully saturated rings. The van der Waals surface area contributed by atoms with Crippen LogP contribution in [0.3, 0.4) is 0 Å². The summed E-state index contributed by atoms with van der Waals surface area (Å²) in [5, 5.41) is 15.4. The summed E-state index contributed by atoms with van der Waals surface area (Å²) in [6.07, 6.45) is 0.453. The number of rotatable bonds is 4. The van der Waals surface area contributed by atoms with E-state index >= 15 is 0 Å². The van der Waals surface area contributed by atoms with Gasteiger partial charge in [-0.15, -0.1) is 0 Å². The van der Waals surface area contributed by atoms with Crippen LogP contribution in [0.1, 0.15) is 13.3 Å². The van der Waals surface area contributed by atoms with Crippen molar-refractivity contribution in [2.24, 2.45) is 0 Å². The van der Waals surface area contributed by atoms with Crippen LogP contribution in [-0.2, 0) is 9.53 Å². The van der Waals surface area contributed by atoms with Crippen LogP contribution in [0.2, 0.25) is 0 Å². The second-order valence-corrected chi connectivity index (χ2v) is 3.64. The van der Waals surface area contributed by atoms with Gasteiger partial charge in [-0.25, -0.2) is 0 Å². The highest BCUT2D eigenvalue weighted by atomic mass is 16.5. The van der Waals surface area contributed by atoms with Crippen molar-refractivity contribution in [1.82, 2.24) is 10.6 Å². The molecule has 1 amide bonds. The highest BCUT2D eigenvalue weighted by Crippen LogP contribution is 2.24. The second-order valence-electron chi connectivity index (χ2n) is 3.64. The van der Waals surface area contributed by atoms with Crippen molar-refractivity contribution in [3.05, 3.63) is 0 Å². The third-order valence-electron chi connectivity index (χ3n) is 2.66. The van der Waals surface area contributed by atoms with Gasteiger partial charge in [-0.05, 0) is 6.92 Å². The third kappa shape index (κ3) is 2.67. The molecule has 5 heteroatoms. The predicted octanol–water partition coefficient (Wildman–Crippen LogP) is -1.14. The summed E-state index contributed by atoms with van der Waals surface area (Å²) in [7, 11) is 1.58. The van der Waals surface area contributed by atoms with E-state index in [9.17, 15) is 9.90 Å². The first-order valence-corrected chi connectivity index (χ1v) is 4.84. The van der Waals surface area contributed by atoms with Gasteiger partial charge < -0.3 is 20.5 Å². The maximum absolute atomic E-state index is 10.9. The van der Waals surface area contributed by atoms with Gasteiger partial charge in [0.1, 0.15) is 5.60 Å². The molecule has 0 aromatic rings. The Bertz CT molecular complexity index is 210. The Hall–Kier alpha value is -0.650. The number of nitrogens with one attached hydrogen (secondary N) is 2. The third-order valence-corrected chi connectivity index (χ3v) is 2.66. The molecule has 1 aliphatic rings. The minimum Gasteiger partial charge on any atom is -0.386 e. The molecular weight excluding hydrogens is 184 g/mol. The Balaban J connectivity index is 2.26. The zero-order valence-electron chi connectivity index (χ0n) is 8.67. The van der Waals surface area contributed by atoms with Gasteiger partial charge in [0.05, 0.1) is 12.6 Å². The maximum Gasteiger partial charge on any atom is 0.233 e. The van der Waals surface area contributed by atoms with E-state index in [0.717, 1.165) is 0 Å². The molecule has 2 unspecified atom stereocenters. The highest BCUT2D eigenvalue weighted by molar-refractivity contribution is 5.77. The Morgan fingerprint density at radius 2 is 2.43 bits per heavy atom. The van der Waals surface area contributed by atoms with Crippen LogP contribution in [0.4, 0.5) is 0 Å². The molecule has 0 radical (unpaired) electrons. The average Bonchev–Trinajstić information content (AvgIpc) is 2.47. The second kappa shape index (κ2) is 4.72. The molecule has 1 aliphatic heterocycles. The fourth-order valence-corrected chi connectivity index (χ4v) is 1.48. The molecule has 2 atom stereocenters.